The van der Waals surface area contributed by atoms with E-state index in [1.807, 2.05) is 20.8 Å². The third-order valence-corrected chi connectivity index (χ3v) is 2.20. The number of rotatable bonds is 3. The van der Waals surface area contributed by atoms with Gasteiger partial charge in [-0.2, -0.15) is 0 Å². The number of nitro benzene ring substituents is 1. The highest BCUT2D eigenvalue weighted by molar-refractivity contribution is 5.94. The monoisotopic (exact) mass is 251 g/mol. The molecule has 0 N–H and O–H groups in total. The number of nitro groups is 1. The number of aryl methyl sites for hydroxylation is 1. The van der Waals surface area contributed by atoms with Crippen molar-refractivity contribution in [1.82, 2.24) is 0 Å². The molecule has 98 valence electrons. The molecule has 1 aromatic carbocycles. The van der Waals surface area contributed by atoms with Crippen LogP contribution in [0.25, 0.3) is 0 Å². The summed E-state index contributed by atoms with van der Waals surface area (Å²) < 4.78 is 5.09. The van der Waals surface area contributed by atoms with Crippen LogP contribution in [0, 0.1) is 22.5 Å². The summed E-state index contributed by atoms with van der Waals surface area (Å²) in [6, 6.07) is 4.39. The largest absolute Gasteiger partial charge is 0.461 e. The molecule has 0 aliphatic rings. The van der Waals surface area contributed by atoms with Crippen LogP contribution in [0.15, 0.2) is 18.2 Å². The van der Waals surface area contributed by atoms with Crippen molar-refractivity contribution >= 4 is 11.7 Å². The first kappa shape index (κ1) is 14.2. The number of carbonyl (C=O) groups excluding carboxylic acids is 1. The maximum absolute atomic E-state index is 11.8. The summed E-state index contributed by atoms with van der Waals surface area (Å²) in [7, 11) is 0. The maximum atomic E-state index is 11.8. The molecule has 0 fully saturated rings. The van der Waals surface area contributed by atoms with Crippen LogP contribution in [0.3, 0.4) is 0 Å². The number of hydrogen-bond donors (Lipinski definition) is 0. The Morgan fingerprint density at radius 3 is 2.50 bits per heavy atom. The molecule has 0 aliphatic carbocycles. The smallest absolute Gasteiger partial charge is 0.345 e. The first-order chi connectivity index (χ1) is 8.20. The van der Waals surface area contributed by atoms with Crippen molar-refractivity contribution in [1.29, 1.82) is 0 Å². The molecule has 18 heavy (non-hydrogen) atoms. The topological polar surface area (TPSA) is 69.4 Å². The predicted molar refractivity (Wildman–Crippen MR) is 67.6 cm³/mol. The Kier molecular flexibility index (Phi) is 4.06. The summed E-state index contributed by atoms with van der Waals surface area (Å²) >= 11 is 0. The van der Waals surface area contributed by atoms with E-state index in [2.05, 4.69) is 0 Å². The number of carbonyl (C=O) groups is 1. The Morgan fingerprint density at radius 2 is 2.00 bits per heavy atom. The average Bonchev–Trinajstić information content (AvgIpc) is 2.24. The Bertz CT molecular complexity index is 474. The fraction of sp³-hybridized carbons (Fsp3) is 0.462. The zero-order valence-electron chi connectivity index (χ0n) is 11.0. The second-order valence-electron chi connectivity index (χ2n) is 5.41. The van der Waals surface area contributed by atoms with Gasteiger partial charge in [-0.15, -0.1) is 0 Å². The van der Waals surface area contributed by atoms with Gasteiger partial charge in [-0.25, -0.2) is 4.79 Å². The van der Waals surface area contributed by atoms with Crippen molar-refractivity contribution < 1.29 is 14.5 Å². The highest BCUT2D eigenvalue weighted by Crippen LogP contribution is 2.22. The number of hydrogen-bond acceptors (Lipinski definition) is 4. The van der Waals surface area contributed by atoms with Crippen LogP contribution in [0.4, 0.5) is 5.69 Å². The SMILES string of the molecule is Cc1ccc([N+](=O)[O-])c(C(=O)OCC(C)(C)C)c1. The summed E-state index contributed by atoms with van der Waals surface area (Å²) in [5.74, 6) is -0.652. The molecule has 5 heteroatoms. The molecule has 0 bridgehead atoms. The van der Waals surface area contributed by atoms with E-state index in [1.54, 1.807) is 13.0 Å². The lowest BCUT2D eigenvalue weighted by Gasteiger charge is -2.17. The van der Waals surface area contributed by atoms with Crippen molar-refractivity contribution in [2.24, 2.45) is 5.41 Å². The second kappa shape index (κ2) is 5.16. The molecule has 5 nitrogen and oxygen atoms in total. The average molecular weight is 251 g/mol. The zero-order chi connectivity index (χ0) is 13.9. The fourth-order valence-electron chi connectivity index (χ4n) is 1.33. The predicted octanol–water partition coefficient (Wildman–Crippen LogP) is 3.11. The Labute approximate surface area is 106 Å². The quantitative estimate of drug-likeness (QED) is 0.470. The Hall–Kier alpha value is -1.91. The van der Waals surface area contributed by atoms with E-state index < -0.39 is 10.9 Å². The van der Waals surface area contributed by atoms with E-state index in [1.165, 1.54) is 12.1 Å². The molecule has 1 aromatic rings. The van der Waals surface area contributed by atoms with Crippen LogP contribution in [0.5, 0.6) is 0 Å². The van der Waals surface area contributed by atoms with Crippen LogP contribution < -0.4 is 0 Å². The van der Waals surface area contributed by atoms with E-state index in [0.29, 0.717) is 0 Å². The molecule has 0 aromatic heterocycles. The number of benzene rings is 1. The molecule has 0 aliphatic heterocycles. The van der Waals surface area contributed by atoms with E-state index in [-0.39, 0.29) is 23.3 Å². The minimum Gasteiger partial charge on any atom is -0.461 e. The molecular formula is C13H17NO4. The van der Waals surface area contributed by atoms with Crippen LogP contribution in [-0.4, -0.2) is 17.5 Å². The summed E-state index contributed by atoms with van der Waals surface area (Å²) in [6.07, 6.45) is 0. The lowest BCUT2D eigenvalue weighted by Crippen LogP contribution is -2.19. The van der Waals surface area contributed by atoms with Crippen molar-refractivity contribution in [2.45, 2.75) is 27.7 Å². The van der Waals surface area contributed by atoms with Crippen LogP contribution in [0.1, 0.15) is 36.7 Å². The number of ether oxygens (including phenoxy) is 1. The van der Waals surface area contributed by atoms with Crippen molar-refractivity contribution in [3.8, 4) is 0 Å². The zero-order valence-corrected chi connectivity index (χ0v) is 11.0. The standard InChI is InChI=1S/C13H17NO4/c1-9-5-6-11(14(16)17)10(7-9)12(15)18-8-13(2,3)4/h5-7H,8H2,1-4H3. The minimum absolute atomic E-state index is 0.00394. The van der Waals surface area contributed by atoms with Gasteiger partial charge in [-0.05, 0) is 24.0 Å². The van der Waals surface area contributed by atoms with Crippen molar-refractivity contribution in [2.75, 3.05) is 6.61 Å². The highest BCUT2D eigenvalue weighted by Gasteiger charge is 2.23. The van der Waals surface area contributed by atoms with Gasteiger partial charge in [0, 0.05) is 6.07 Å². The van der Waals surface area contributed by atoms with Gasteiger partial charge in [-0.3, -0.25) is 10.1 Å². The first-order valence-electron chi connectivity index (χ1n) is 5.63. The van der Waals surface area contributed by atoms with Gasteiger partial charge in [0.1, 0.15) is 5.56 Å². The van der Waals surface area contributed by atoms with Gasteiger partial charge >= 0.3 is 5.97 Å². The van der Waals surface area contributed by atoms with E-state index in [0.717, 1.165) is 5.56 Å². The summed E-state index contributed by atoms with van der Waals surface area (Å²) in [5, 5.41) is 10.8. The molecule has 0 atom stereocenters. The van der Waals surface area contributed by atoms with E-state index in [4.69, 9.17) is 4.74 Å². The molecule has 1 rings (SSSR count). The summed E-state index contributed by atoms with van der Waals surface area (Å²) in [4.78, 5) is 22.1. The summed E-state index contributed by atoms with van der Waals surface area (Å²) in [6.45, 7) is 7.75. The van der Waals surface area contributed by atoms with Crippen molar-refractivity contribution in [3.63, 3.8) is 0 Å². The van der Waals surface area contributed by atoms with Gasteiger partial charge in [0.2, 0.25) is 0 Å². The maximum Gasteiger partial charge on any atom is 0.345 e. The van der Waals surface area contributed by atoms with Crippen LogP contribution >= 0.6 is 0 Å². The molecular weight excluding hydrogens is 234 g/mol. The fourth-order valence-corrected chi connectivity index (χ4v) is 1.33. The molecule has 0 radical (unpaired) electrons. The van der Waals surface area contributed by atoms with E-state index >= 15 is 0 Å². The molecule has 0 spiro atoms. The second-order valence-corrected chi connectivity index (χ2v) is 5.41. The van der Waals surface area contributed by atoms with Gasteiger partial charge in [0.25, 0.3) is 5.69 Å². The Balaban J connectivity index is 2.97. The van der Waals surface area contributed by atoms with Gasteiger partial charge in [0.05, 0.1) is 11.5 Å². The minimum atomic E-state index is -0.652. The highest BCUT2D eigenvalue weighted by atomic mass is 16.6. The third-order valence-electron chi connectivity index (χ3n) is 2.20. The molecule has 0 heterocycles. The lowest BCUT2D eigenvalue weighted by atomic mass is 9.99. The third kappa shape index (κ3) is 3.84. The van der Waals surface area contributed by atoms with E-state index in [9.17, 15) is 14.9 Å². The number of nitrogens with zero attached hydrogens (tertiary/aromatic N) is 1. The lowest BCUT2D eigenvalue weighted by molar-refractivity contribution is -0.385. The Morgan fingerprint density at radius 1 is 1.39 bits per heavy atom. The van der Waals surface area contributed by atoms with Crippen LogP contribution in [0.2, 0.25) is 0 Å². The number of esters is 1. The molecule has 0 amide bonds. The molecule has 0 saturated carbocycles. The molecule has 0 unspecified atom stereocenters. The van der Waals surface area contributed by atoms with Gasteiger partial charge < -0.3 is 4.74 Å². The molecule has 0 saturated heterocycles. The van der Waals surface area contributed by atoms with Gasteiger partial charge in [-0.1, -0.05) is 26.8 Å². The normalized spacial score (nSPS) is 11.1. The van der Waals surface area contributed by atoms with Gasteiger partial charge in [0.15, 0.2) is 0 Å². The summed E-state index contributed by atoms with van der Waals surface area (Å²) in [5.41, 5.74) is 0.390. The van der Waals surface area contributed by atoms with Crippen molar-refractivity contribution in [3.05, 3.63) is 39.4 Å². The van der Waals surface area contributed by atoms with Crippen LogP contribution in [-0.2, 0) is 4.74 Å². The first-order valence-corrected chi connectivity index (χ1v) is 5.63.